The third kappa shape index (κ3) is 7.03. The van der Waals surface area contributed by atoms with Gasteiger partial charge in [0, 0.05) is 10.7 Å². The first-order valence-corrected chi connectivity index (χ1v) is 11.8. The Labute approximate surface area is 197 Å². The van der Waals surface area contributed by atoms with Crippen LogP contribution in [-0.4, -0.2) is 25.5 Å². The lowest BCUT2D eigenvalue weighted by molar-refractivity contribution is -0.123. The van der Waals surface area contributed by atoms with E-state index in [0.29, 0.717) is 10.7 Å². The summed E-state index contributed by atoms with van der Waals surface area (Å²) in [6, 6.07) is 22.7. The predicted molar refractivity (Wildman–Crippen MR) is 130 cm³/mol. The quantitative estimate of drug-likeness (QED) is 0.301. The molecule has 3 aromatic rings. The molecule has 0 heterocycles. The molecule has 0 aliphatic rings. The maximum absolute atomic E-state index is 12.9. The van der Waals surface area contributed by atoms with Crippen molar-refractivity contribution in [3.63, 3.8) is 0 Å². The van der Waals surface area contributed by atoms with Crippen LogP contribution in [0.25, 0.3) is 0 Å². The van der Waals surface area contributed by atoms with Crippen molar-refractivity contribution in [3.8, 4) is 0 Å². The SMILES string of the molecule is O=C(NNC(=S)Nc1ccc(Cl)cc1)[C@@H](Cc1ccccc1)NS(=O)(=O)c1ccccc1. The number of carbonyl (C=O) groups is 1. The molecule has 32 heavy (non-hydrogen) atoms. The number of carbonyl (C=O) groups excluding carboxylic acids is 1. The molecular weight excluding hydrogens is 468 g/mol. The van der Waals surface area contributed by atoms with Crippen LogP contribution in [0.15, 0.2) is 89.8 Å². The summed E-state index contributed by atoms with van der Waals surface area (Å²) in [5.41, 5.74) is 6.52. The minimum atomic E-state index is -3.92. The average Bonchev–Trinajstić information content (AvgIpc) is 2.80. The molecule has 166 valence electrons. The van der Waals surface area contributed by atoms with E-state index in [4.69, 9.17) is 23.8 Å². The molecule has 0 aliphatic carbocycles. The van der Waals surface area contributed by atoms with Crippen LogP contribution in [0.3, 0.4) is 0 Å². The molecule has 3 rings (SSSR count). The minimum Gasteiger partial charge on any atom is -0.331 e. The van der Waals surface area contributed by atoms with E-state index in [9.17, 15) is 13.2 Å². The van der Waals surface area contributed by atoms with Gasteiger partial charge in [0.15, 0.2) is 5.11 Å². The number of hydrogen-bond acceptors (Lipinski definition) is 4. The molecule has 0 fully saturated rings. The number of benzene rings is 3. The fourth-order valence-electron chi connectivity index (χ4n) is 2.79. The Balaban J connectivity index is 1.68. The molecule has 3 aromatic carbocycles. The van der Waals surface area contributed by atoms with Gasteiger partial charge in [-0.05, 0) is 60.6 Å². The van der Waals surface area contributed by atoms with E-state index < -0.39 is 22.0 Å². The van der Waals surface area contributed by atoms with Gasteiger partial charge in [-0.3, -0.25) is 15.6 Å². The number of nitrogens with one attached hydrogen (secondary N) is 4. The normalized spacial score (nSPS) is 11.9. The highest BCUT2D eigenvalue weighted by Crippen LogP contribution is 2.13. The number of amides is 1. The van der Waals surface area contributed by atoms with Gasteiger partial charge in [0.1, 0.15) is 6.04 Å². The van der Waals surface area contributed by atoms with Crippen LogP contribution in [0.5, 0.6) is 0 Å². The summed E-state index contributed by atoms with van der Waals surface area (Å²) < 4.78 is 28.0. The summed E-state index contributed by atoms with van der Waals surface area (Å²) in [6.07, 6.45) is 0.151. The van der Waals surface area contributed by atoms with E-state index in [0.717, 1.165) is 5.56 Å². The minimum absolute atomic E-state index is 0.0683. The van der Waals surface area contributed by atoms with Crippen molar-refractivity contribution in [2.45, 2.75) is 17.4 Å². The first kappa shape index (κ1) is 23.7. The van der Waals surface area contributed by atoms with Gasteiger partial charge >= 0.3 is 0 Å². The van der Waals surface area contributed by atoms with Crippen molar-refractivity contribution in [2.75, 3.05) is 5.32 Å². The Morgan fingerprint density at radius 1 is 0.875 bits per heavy atom. The number of hydrogen-bond donors (Lipinski definition) is 4. The van der Waals surface area contributed by atoms with Crippen LogP contribution in [0, 0.1) is 0 Å². The van der Waals surface area contributed by atoms with E-state index >= 15 is 0 Å². The van der Waals surface area contributed by atoms with Gasteiger partial charge in [-0.1, -0.05) is 60.1 Å². The zero-order valence-corrected chi connectivity index (χ0v) is 19.2. The smallest absolute Gasteiger partial charge is 0.256 e. The van der Waals surface area contributed by atoms with E-state index in [1.54, 1.807) is 42.5 Å². The molecule has 0 saturated carbocycles. The van der Waals surface area contributed by atoms with Crippen LogP contribution in [0.1, 0.15) is 5.56 Å². The van der Waals surface area contributed by atoms with E-state index in [1.165, 1.54) is 12.1 Å². The lowest BCUT2D eigenvalue weighted by Crippen LogP contribution is -2.53. The zero-order chi connectivity index (χ0) is 23.0. The molecule has 0 aromatic heterocycles. The highest BCUT2D eigenvalue weighted by atomic mass is 35.5. The molecule has 1 amide bonds. The van der Waals surface area contributed by atoms with E-state index in [1.807, 2.05) is 30.3 Å². The summed E-state index contributed by atoms with van der Waals surface area (Å²) in [7, 11) is -3.92. The Kier molecular flexibility index (Phi) is 8.18. The standard InChI is InChI=1S/C22H21ClN4O3S2/c23-17-11-13-18(14-12-17)24-22(31)26-25-21(28)20(15-16-7-3-1-4-8-16)27-32(29,30)19-9-5-2-6-10-19/h1-14,20,27H,15H2,(H,25,28)(H2,24,26,31)/t20-/m1/s1. The maximum atomic E-state index is 12.9. The van der Waals surface area contributed by atoms with Gasteiger partial charge in [-0.2, -0.15) is 4.72 Å². The summed E-state index contributed by atoms with van der Waals surface area (Å²) in [4.78, 5) is 12.9. The maximum Gasteiger partial charge on any atom is 0.256 e. The van der Waals surface area contributed by atoms with Crippen molar-refractivity contribution in [3.05, 3.63) is 95.5 Å². The van der Waals surface area contributed by atoms with Crippen molar-refractivity contribution in [1.29, 1.82) is 0 Å². The molecule has 1 atom stereocenters. The highest BCUT2D eigenvalue weighted by Gasteiger charge is 2.26. The second kappa shape index (κ2) is 11.1. The van der Waals surface area contributed by atoms with Gasteiger partial charge in [0.25, 0.3) is 5.91 Å². The molecule has 4 N–H and O–H groups in total. The molecular formula is C22H21ClN4O3S2. The second-order valence-corrected chi connectivity index (χ2v) is 9.31. The van der Waals surface area contributed by atoms with E-state index in [-0.39, 0.29) is 16.4 Å². The number of anilines is 1. The first-order chi connectivity index (χ1) is 15.3. The van der Waals surface area contributed by atoms with E-state index in [2.05, 4.69) is 20.9 Å². The van der Waals surface area contributed by atoms with Crippen molar-refractivity contribution >= 4 is 50.5 Å². The van der Waals surface area contributed by atoms with Gasteiger partial charge in [-0.25, -0.2) is 8.42 Å². The number of thiocarbonyl (C=S) groups is 1. The van der Waals surface area contributed by atoms with Crippen molar-refractivity contribution in [2.24, 2.45) is 0 Å². The van der Waals surface area contributed by atoms with Crippen LogP contribution < -0.4 is 20.9 Å². The Hall–Kier alpha value is -2.98. The molecule has 0 bridgehead atoms. The lowest BCUT2D eigenvalue weighted by atomic mass is 10.1. The molecule has 0 aliphatic heterocycles. The fourth-order valence-corrected chi connectivity index (χ4v) is 4.31. The second-order valence-electron chi connectivity index (χ2n) is 6.75. The largest absolute Gasteiger partial charge is 0.331 e. The third-order valence-corrected chi connectivity index (χ3v) is 6.30. The topological polar surface area (TPSA) is 99.3 Å². The summed E-state index contributed by atoms with van der Waals surface area (Å²) in [6.45, 7) is 0. The summed E-state index contributed by atoms with van der Waals surface area (Å²) in [5, 5.41) is 3.61. The number of sulfonamides is 1. The highest BCUT2D eigenvalue weighted by molar-refractivity contribution is 7.89. The van der Waals surface area contributed by atoms with Crippen LogP contribution in [0.2, 0.25) is 5.02 Å². The molecule has 0 spiro atoms. The molecule has 0 saturated heterocycles. The lowest BCUT2D eigenvalue weighted by Gasteiger charge is -2.20. The van der Waals surface area contributed by atoms with Crippen LogP contribution in [0.4, 0.5) is 5.69 Å². The Morgan fingerprint density at radius 3 is 2.09 bits per heavy atom. The average molecular weight is 489 g/mol. The zero-order valence-electron chi connectivity index (χ0n) is 16.8. The van der Waals surface area contributed by atoms with Gasteiger partial charge in [-0.15, -0.1) is 0 Å². The predicted octanol–water partition coefficient (Wildman–Crippen LogP) is 3.25. The third-order valence-electron chi connectivity index (χ3n) is 4.35. The summed E-state index contributed by atoms with van der Waals surface area (Å²) in [5.74, 6) is -0.589. The molecule has 10 heteroatoms. The van der Waals surface area contributed by atoms with Gasteiger partial charge in [0.05, 0.1) is 4.90 Å². The van der Waals surface area contributed by atoms with Crippen molar-refractivity contribution < 1.29 is 13.2 Å². The molecule has 0 radical (unpaired) electrons. The number of rotatable bonds is 7. The fraction of sp³-hybridized carbons (Fsp3) is 0.0909. The first-order valence-electron chi connectivity index (χ1n) is 9.57. The molecule has 7 nitrogen and oxygen atoms in total. The van der Waals surface area contributed by atoms with Gasteiger partial charge < -0.3 is 5.32 Å². The van der Waals surface area contributed by atoms with Gasteiger partial charge in [0.2, 0.25) is 10.0 Å². The monoisotopic (exact) mass is 488 g/mol. The van der Waals surface area contributed by atoms with Crippen molar-refractivity contribution in [1.82, 2.24) is 15.6 Å². The molecule has 0 unspecified atom stereocenters. The van der Waals surface area contributed by atoms with Crippen LogP contribution in [-0.2, 0) is 21.2 Å². The number of hydrazine groups is 1. The Bertz CT molecular complexity index is 1160. The van der Waals surface area contributed by atoms with Crippen LogP contribution >= 0.6 is 23.8 Å². The summed E-state index contributed by atoms with van der Waals surface area (Å²) >= 11 is 11.0. The number of halogens is 1. The Morgan fingerprint density at radius 2 is 1.47 bits per heavy atom.